The molecule has 0 bridgehead atoms. The molecule has 0 spiro atoms. The third-order valence-corrected chi connectivity index (χ3v) is 4.71. The van der Waals surface area contributed by atoms with Crippen molar-refractivity contribution in [1.82, 2.24) is 15.1 Å². The fraction of sp³-hybridized carbons (Fsp3) is 0.300. The summed E-state index contributed by atoms with van der Waals surface area (Å²) in [5.41, 5.74) is -0.507. The normalized spacial score (nSPS) is 11.5. The van der Waals surface area contributed by atoms with Crippen LogP contribution in [0.5, 0.6) is 5.75 Å². The van der Waals surface area contributed by atoms with Gasteiger partial charge in [-0.05, 0) is 55.8 Å². The number of hydrogen-bond donors (Lipinski definition) is 1. The van der Waals surface area contributed by atoms with Crippen LogP contribution in [0, 0.1) is 6.92 Å². The van der Waals surface area contributed by atoms with Crippen molar-refractivity contribution in [3.8, 4) is 5.75 Å². The molecule has 0 aliphatic heterocycles. The molecule has 0 unspecified atom stereocenters. The molecule has 0 aliphatic rings. The van der Waals surface area contributed by atoms with Gasteiger partial charge in [-0.3, -0.25) is 9.48 Å². The summed E-state index contributed by atoms with van der Waals surface area (Å²) in [5.74, 6) is 0.898. The summed E-state index contributed by atoms with van der Waals surface area (Å²) in [6, 6.07) is 11.5. The Balaban J connectivity index is 1.43. The molecule has 0 atom stereocenters. The van der Waals surface area contributed by atoms with Crippen molar-refractivity contribution in [3.05, 3.63) is 69.8 Å². The SMILES string of the molecule is Cc1cc(C(F)(F)F)nn1CCCNC(=O)c1ccc(COc2ccc(Br)cc2)o1. The zero-order valence-electron chi connectivity index (χ0n) is 16.0. The highest BCUT2D eigenvalue weighted by atomic mass is 79.9. The number of rotatable bonds is 8. The molecule has 2 aromatic heterocycles. The van der Waals surface area contributed by atoms with Gasteiger partial charge in [0.2, 0.25) is 0 Å². The van der Waals surface area contributed by atoms with E-state index >= 15 is 0 Å². The van der Waals surface area contributed by atoms with Gasteiger partial charge in [-0.25, -0.2) is 0 Å². The number of carbonyl (C=O) groups excluding carboxylic acids is 1. The van der Waals surface area contributed by atoms with Crippen LogP contribution in [0.2, 0.25) is 0 Å². The number of furan rings is 1. The van der Waals surface area contributed by atoms with Gasteiger partial charge in [0.15, 0.2) is 11.5 Å². The van der Waals surface area contributed by atoms with Gasteiger partial charge in [0.25, 0.3) is 5.91 Å². The molecule has 0 saturated carbocycles. The number of ether oxygens (including phenoxy) is 1. The minimum absolute atomic E-state index is 0.138. The smallest absolute Gasteiger partial charge is 0.435 e. The lowest BCUT2D eigenvalue weighted by Crippen LogP contribution is -2.25. The van der Waals surface area contributed by atoms with Crippen molar-refractivity contribution in [2.45, 2.75) is 32.7 Å². The van der Waals surface area contributed by atoms with Crippen molar-refractivity contribution in [2.24, 2.45) is 0 Å². The van der Waals surface area contributed by atoms with E-state index in [1.54, 1.807) is 31.2 Å². The molecule has 1 N–H and O–H groups in total. The van der Waals surface area contributed by atoms with Gasteiger partial charge < -0.3 is 14.5 Å². The monoisotopic (exact) mass is 485 g/mol. The lowest BCUT2D eigenvalue weighted by Gasteiger charge is -2.06. The van der Waals surface area contributed by atoms with Gasteiger partial charge >= 0.3 is 6.18 Å². The average molecular weight is 486 g/mol. The number of hydrogen-bond acceptors (Lipinski definition) is 4. The predicted molar refractivity (Wildman–Crippen MR) is 106 cm³/mol. The molecule has 0 radical (unpaired) electrons. The molecular weight excluding hydrogens is 467 g/mol. The van der Waals surface area contributed by atoms with Gasteiger partial charge in [0.05, 0.1) is 0 Å². The Morgan fingerprint density at radius 3 is 2.63 bits per heavy atom. The quantitative estimate of drug-likeness (QED) is 0.457. The molecule has 1 amide bonds. The van der Waals surface area contributed by atoms with Crippen LogP contribution in [0.1, 0.15) is 34.1 Å². The summed E-state index contributed by atoms with van der Waals surface area (Å²) in [6.07, 6.45) is -4.05. The van der Waals surface area contributed by atoms with Crippen LogP contribution in [0.4, 0.5) is 13.2 Å². The first kappa shape index (κ1) is 21.9. The Morgan fingerprint density at radius 2 is 1.97 bits per heavy atom. The second-order valence-electron chi connectivity index (χ2n) is 6.51. The first-order chi connectivity index (χ1) is 14.2. The van der Waals surface area contributed by atoms with Crippen LogP contribution in [0.3, 0.4) is 0 Å². The van der Waals surface area contributed by atoms with Gasteiger partial charge in [0.1, 0.15) is 18.1 Å². The highest BCUT2D eigenvalue weighted by Crippen LogP contribution is 2.28. The van der Waals surface area contributed by atoms with Crippen molar-refractivity contribution in [1.29, 1.82) is 0 Å². The lowest BCUT2D eigenvalue weighted by atomic mass is 10.3. The van der Waals surface area contributed by atoms with Crippen molar-refractivity contribution in [3.63, 3.8) is 0 Å². The molecule has 30 heavy (non-hydrogen) atoms. The van der Waals surface area contributed by atoms with Gasteiger partial charge in [-0.1, -0.05) is 15.9 Å². The third-order valence-electron chi connectivity index (χ3n) is 4.18. The van der Waals surface area contributed by atoms with E-state index in [2.05, 4.69) is 26.3 Å². The number of carbonyl (C=O) groups is 1. The number of halogens is 4. The van der Waals surface area contributed by atoms with E-state index in [0.717, 1.165) is 10.5 Å². The predicted octanol–water partition coefficient (Wildman–Crippen LogP) is 4.96. The van der Waals surface area contributed by atoms with Crippen LogP contribution in [-0.2, 0) is 19.3 Å². The van der Waals surface area contributed by atoms with Crippen LogP contribution in [-0.4, -0.2) is 22.2 Å². The first-order valence-electron chi connectivity index (χ1n) is 9.09. The van der Waals surface area contributed by atoms with Gasteiger partial charge in [-0.2, -0.15) is 18.3 Å². The maximum Gasteiger partial charge on any atom is 0.435 e. The van der Waals surface area contributed by atoms with Crippen LogP contribution < -0.4 is 10.1 Å². The Bertz CT molecular complexity index is 997. The zero-order valence-corrected chi connectivity index (χ0v) is 17.6. The van der Waals surface area contributed by atoms with Crippen molar-refractivity contribution >= 4 is 21.8 Å². The Hall–Kier alpha value is -2.75. The third kappa shape index (κ3) is 5.88. The topological polar surface area (TPSA) is 69.3 Å². The molecule has 3 rings (SSSR count). The maximum atomic E-state index is 12.7. The average Bonchev–Trinajstić information content (AvgIpc) is 3.31. The summed E-state index contributed by atoms with van der Waals surface area (Å²) in [5, 5.41) is 6.23. The summed E-state index contributed by atoms with van der Waals surface area (Å²) < 4.78 is 51.3. The Kier molecular flexibility index (Phi) is 6.86. The van der Waals surface area contributed by atoms with Crippen molar-refractivity contribution in [2.75, 3.05) is 6.54 Å². The highest BCUT2D eigenvalue weighted by Gasteiger charge is 2.34. The molecule has 1 aromatic carbocycles. The molecule has 3 aromatic rings. The van der Waals surface area contributed by atoms with Crippen LogP contribution in [0.25, 0.3) is 0 Å². The molecule has 160 valence electrons. The van der Waals surface area contributed by atoms with E-state index < -0.39 is 17.8 Å². The standard InChI is InChI=1S/C20H19BrF3N3O3/c1-13-11-18(20(22,23)24)26-27(13)10-2-9-25-19(28)17-8-7-16(30-17)12-29-15-5-3-14(21)4-6-15/h3-8,11H,2,9-10,12H2,1H3,(H,25,28). The summed E-state index contributed by atoms with van der Waals surface area (Å²) in [6.45, 7) is 2.26. The second kappa shape index (κ2) is 9.38. The van der Waals surface area contributed by atoms with E-state index in [1.807, 2.05) is 12.1 Å². The minimum Gasteiger partial charge on any atom is -0.486 e. The first-order valence-corrected chi connectivity index (χ1v) is 9.88. The fourth-order valence-corrected chi connectivity index (χ4v) is 2.92. The number of alkyl halides is 3. The minimum atomic E-state index is -4.47. The summed E-state index contributed by atoms with van der Waals surface area (Å²) >= 11 is 3.34. The molecule has 10 heteroatoms. The number of aromatic nitrogens is 2. The molecule has 6 nitrogen and oxygen atoms in total. The molecule has 2 heterocycles. The van der Waals surface area contributed by atoms with E-state index in [1.165, 1.54) is 4.68 Å². The highest BCUT2D eigenvalue weighted by molar-refractivity contribution is 9.10. The van der Waals surface area contributed by atoms with Crippen molar-refractivity contribution < 1.29 is 27.1 Å². The van der Waals surface area contributed by atoms with E-state index in [0.29, 0.717) is 23.6 Å². The zero-order chi connectivity index (χ0) is 21.7. The maximum absolute atomic E-state index is 12.7. The molecular formula is C20H19BrF3N3O3. The second-order valence-corrected chi connectivity index (χ2v) is 7.43. The van der Waals surface area contributed by atoms with E-state index in [4.69, 9.17) is 9.15 Å². The van der Waals surface area contributed by atoms with E-state index in [9.17, 15) is 18.0 Å². The van der Waals surface area contributed by atoms with Crippen LogP contribution in [0.15, 0.2) is 51.4 Å². The largest absolute Gasteiger partial charge is 0.486 e. The summed E-state index contributed by atoms with van der Waals surface area (Å²) in [4.78, 5) is 12.2. The van der Waals surface area contributed by atoms with Gasteiger partial charge in [-0.15, -0.1) is 0 Å². The molecule has 0 fully saturated rings. The number of benzene rings is 1. The number of aryl methyl sites for hydroxylation is 2. The Morgan fingerprint density at radius 1 is 1.23 bits per heavy atom. The molecule has 0 aliphatic carbocycles. The summed E-state index contributed by atoms with van der Waals surface area (Å²) in [7, 11) is 0. The lowest BCUT2D eigenvalue weighted by molar-refractivity contribution is -0.141. The number of nitrogens with zero attached hydrogens (tertiary/aromatic N) is 2. The number of amides is 1. The van der Waals surface area contributed by atoms with Gasteiger partial charge in [0, 0.05) is 23.3 Å². The molecule has 0 saturated heterocycles. The number of nitrogens with one attached hydrogen (secondary N) is 1. The fourth-order valence-electron chi connectivity index (χ4n) is 2.66. The Labute approximate surface area is 179 Å². The van der Waals surface area contributed by atoms with E-state index in [-0.39, 0.29) is 25.5 Å². The van der Waals surface area contributed by atoms with Crippen LogP contribution >= 0.6 is 15.9 Å².